The molecule has 0 aliphatic carbocycles. The Morgan fingerprint density at radius 1 is 0.939 bits per heavy atom. The molecule has 0 spiro atoms. The number of carbonyl (C=O) groups excluding carboxylic acids is 2. The number of amides is 2. The molecule has 11 nitrogen and oxygen atoms in total. The van der Waals surface area contributed by atoms with Crippen LogP contribution in [-0.4, -0.2) is 78.2 Å². The van der Waals surface area contributed by atoms with Crippen LogP contribution in [0.15, 0.2) is 102 Å². The second kappa shape index (κ2) is 15.7. The number of hydrogen-bond donors (Lipinski definition) is 4. The van der Waals surface area contributed by atoms with Crippen molar-refractivity contribution in [2.45, 2.75) is 36.5 Å². The molecule has 1 aliphatic rings. The lowest BCUT2D eigenvalue weighted by Gasteiger charge is -2.27. The molecule has 0 radical (unpaired) electrons. The van der Waals surface area contributed by atoms with Gasteiger partial charge in [-0.1, -0.05) is 78.9 Å². The molecule has 1 heterocycles. The fraction of sp³-hybridized carbons (Fsp3) is 0.235. The normalized spacial score (nSPS) is 14.7. The number of nitrogens with one attached hydrogen (secondary N) is 2. The van der Waals surface area contributed by atoms with E-state index in [0.29, 0.717) is 25.1 Å². The molecule has 0 aromatic heterocycles. The number of halogens is 3. The van der Waals surface area contributed by atoms with Crippen LogP contribution in [0.5, 0.6) is 0 Å². The summed E-state index contributed by atoms with van der Waals surface area (Å²) in [4.78, 5) is 37.3. The standard InChI is InChI=1S/C32H33N5O4S.C2HF3O2/c33-31(34)27-12-6-9-24(19-27)21-36-18-16-29(32(36)39)37(22-30(38)35-17-15-23-7-2-1-3-8-23)42(40,41)28-14-13-25-10-4-5-11-26(25)20-28;3-2(4,5)1(6)7/h1-14,19-20,29H,15-18,21-22H2,(H3,33,34)(H,35,38);(H,6,7)/t29-;/m0./s1. The summed E-state index contributed by atoms with van der Waals surface area (Å²) in [6.07, 6.45) is -4.24. The molecule has 1 aliphatic heterocycles. The van der Waals surface area contributed by atoms with Crippen molar-refractivity contribution >= 4 is 44.4 Å². The third-order valence-electron chi connectivity index (χ3n) is 7.68. The summed E-state index contributed by atoms with van der Waals surface area (Å²) in [5.41, 5.74) is 8.00. The fourth-order valence-electron chi connectivity index (χ4n) is 5.22. The Balaban J connectivity index is 0.000000698. The third kappa shape index (κ3) is 9.64. The van der Waals surface area contributed by atoms with E-state index in [4.69, 9.17) is 21.0 Å². The molecule has 1 saturated heterocycles. The number of benzene rings is 4. The molecule has 4 aromatic rings. The fourth-order valence-corrected chi connectivity index (χ4v) is 6.82. The molecule has 0 unspecified atom stereocenters. The van der Waals surface area contributed by atoms with E-state index in [0.717, 1.165) is 26.2 Å². The second-order valence-corrected chi connectivity index (χ2v) is 13.0. The van der Waals surface area contributed by atoms with Crippen LogP contribution in [0.2, 0.25) is 0 Å². The Morgan fingerprint density at radius 2 is 1.57 bits per heavy atom. The van der Waals surface area contributed by atoms with E-state index in [1.165, 1.54) is 6.07 Å². The minimum Gasteiger partial charge on any atom is -0.475 e. The van der Waals surface area contributed by atoms with Crippen molar-refractivity contribution < 1.29 is 41.1 Å². The van der Waals surface area contributed by atoms with Gasteiger partial charge in [-0.2, -0.15) is 17.5 Å². The molecule has 15 heteroatoms. The van der Waals surface area contributed by atoms with Gasteiger partial charge in [-0.05, 0) is 52.9 Å². The van der Waals surface area contributed by atoms with Crippen molar-refractivity contribution in [3.63, 3.8) is 0 Å². The van der Waals surface area contributed by atoms with Crippen molar-refractivity contribution in [1.82, 2.24) is 14.5 Å². The first kappa shape index (κ1) is 36.6. The summed E-state index contributed by atoms with van der Waals surface area (Å²) in [6, 6.07) is 27.9. The predicted octanol–water partition coefficient (Wildman–Crippen LogP) is 3.91. The lowest BCUT2D eigenvalue weighted by Crippen LogP contribution is -2.49. The number of carbonyl (C=O) groups is 3. The van der Waals surface area contributed by atoms with Gasteiger partial charge in [0.15, 0.2) is 0 Å². The number of carboxylic acids is 1. The minimum atomic E-state index is -5.08. The highest BCUT2D eigenvalue weighted by molar-refractivity contribution is 7.89. The number of nitrogens with two attached hydrogens (primary N) is 1. The van der Waals surface area contributed by atoms with Crippen LogP contribution >= 0.6 is 0 Å². The minimum absolute atomic E-state index is 0.0266. The van der Waals surface area contributed by atoms with Crippen molar-refractivity contribution in [3.8, 4) is 0 Å². The summed E-state index contributed by atoms with van der Waals surface area (Å²) in [6.45, 7) is 0.425. The third-order valence-corrected chi connectivity index (χ3v) is 9.53. The van der Waals surface area contributed by atoms with Crippen molar-refractivity contribution in [2.24, 2.45) is 5.73 Å². The van der Waals surface area contributed by atoms with Crippen LogP contribution in [0.25, 0.3) is 10.8 Å². The molecule has 2 amide bonds. The number of fused-ring (bicyclic) bond motifs is 1. The molecule has 0 bridgehead atoms. The zero-order chi connectivity index (χ0) is 35.8. The smallest absolute Gasteiger partial charge is 0.475 e. The van der Waals surface area contributed by atoms with Crippen molar-refractivity contribution in [3.05, 3.63) is 114 Å². The summed E-state index contributed by atoms with van der Waals surface area (Å²) in [7, 11) is -4.22. The SMILES string of the molecule is N=C(N)c1cccc(CN2CC[C@H](N(CC(=O)NCCc3ccccc3)S(=O)(=O)c3ccc4ccccc4c3)C2=O)c1.O=C(O)C(F)(F)F. The van der Waals surface area contributed by atoms with Gasteiger partial charge in [0.05, 0.1) is 11.4 Å². The van der Waals surface area contributed by atoms with Gasteiger partial charge in [-0.25, -0.2) is 13.2 Å². The zero-order valence-corrected chi connectivity index (χ0v) is 26.9. The largest absolute Gasteiger partial charge is 0.490 e. The molecule has 1 atom stereocenters. The summed E-state index contributed by atoms with van der Waals surface area (Å²) in [5.74, 6) is -3.68. The van der Waals surface area contributed by atoms with Gasteiger partial charge in [-0.3, -0.25) is 15.0 Å². The lowest BCUT2D eigenvalue weighted by molar-refractivity contribution is -0.192. The predicted molar refractivity (Wildman–Crippen MR) is 176 cm³/mol. The number of alkyl halides is 3. The number of likely N-dealkylation sites (tertiary alicyclic amines) is 1. The average Bonchev–Trinajstić information content (AvgIpc) is 3.42. The highest BCUT2D eigenvalue weighted by Gasteiger charge is 2.43. The van der Waals surface area contributed by atoms with E-state index in [1.54, 1.807) is 35.2 Å². The first-order valence-corrected chi connectivity index (χ1v) is 16.4. The maximum Gasteiger partial charge on any atom is 0.490 e. The van der Waals surface area contributed by atoms with Gasteiger partial charge in [0.2, 0.25) is 21.8 Å². The van der Waals surface area contributed by atoms with E-state index in [-0.39, 0.29) is 29.6 Å². The number of carboxylic acid groups (broad SMARTS) is 1. The topological polar surface area (TPSA) is 174 Å². The molecule has 5 rings (SSSR count). The first-order chi connectivity index (χ1) is 23.2. The number of sulfonamides is 1. The molecular weight excluding hydrogens is 663 g/mol. The quantitative estimate of drug-likeness (QED) is 0.136. The highest BCUT2D eigenvalue weighted by atomic mass is 32.2. The van der Waals surface area contributed by atoms with Crippen LogP contribution in [0, 0.1) is 5.41 Å². The van der Waals surface area contributed by atoms with Crippen LogP contribution in [0.4, 0.5) is 13.2 Å². The maximum atomic E-state index is 14.1. The Bertz CT molecular complexity index is 1940. The van der Waals surface area contributed by atoms with Gasteiger partial charge in [0.25, 0.3) is 0 Å². The van der Waals surface area contributed by atoms with Crippen LogP contribution in [-0.2, 0) is 37.4 Å². The van der Waals surface area contributed by atoms with Crippen molar-refractivity contribution in [1.29, 1.82) is 5.41 Å². The summed E-state index contributed by atoms with van der Waals surface area (Å²) in [5, 5.41) is 19.3. The molecule has 4 aromatic carbocycles. The maximum absolute atomic E-state index is 14.1. The van der Waals surface area contributed by atoms with Crippen LogP contribution in [0.3, 0.4) is 0 Å². The van der Waals surface area contributed by atoms with E-state index in [9.17, 15) is 31.2 Å². The molecule has 258 valence electrons. The van der Waals surface area contributed by atoms with E-state index in [1.807, 2.05) is 60.7 Å². The highest BCUT2D eigenvalue weighted by Crippen LogP contribution is 2.28. The Labute approximate surface area is 280 Å². The number of nitrogens with zero attached hydrogens (tertiary/aromatic N) is 2. The molecule has 49 heavy (non-hydrogen) atoms. The van der Waals surface area contributed by atoms with E-state index in [2.05, 4.69) is 5.32 Å². The number of amidine groups is 1. The van der Waals surface area contributed by atoms with Gasteiger partial charge >= 0.3 is 12.1 Å². The number of nitrogen functional groups attached to an aromatic ring is 1. The molecule has 5 N–H and O–H groups in total. The molecule has 0 saturated carbocycles. The number of aliphatic carboxylic acids is 1. The van der Waals surface area contributed by atoms with Crippen LogP contribution < -0.4 is 11.1 Å². The Morgan fingerprint density at radius 3 is 2.22 bits per heavy atom. The Hall–Kier alpha value is -5.28. The monoisotopic (exact) mass is 697 g/mol. The summed E-state index contributed by atoms with van der Waals surface area (Å²) < 4.78 is 60.9. The van der Waals surface area contributed by atoms with Gasteiger partial charge < -0.3 is 21.1 Å². The average molecular weight is 698 g/mol. The second-order valence-electron chi connectivity index (χ2n) is 11.1. The molecular formula is C34H34F3N5O6S. The van der Waals surface area contributed by atoms with Gasteiger partial charge in [0, 0.05) is 25.2 Å². The van der Waals surface area contributed by atoms with Gasteiger partial charge in [-0.15, -0.1) is 0 Å². The number of rotatable bonds is 11. The lowest BCUT2D eigenvalue weighted by atomic mass is 10.1. The number of hydrogen-bond acceptors (Lipinski definition) is 6. The van der Waals surface area contributed by atoms with E-state index < -0.39 is 40.7 Å². The Kier molecular flexibility index (Phi) is 11.7. The first-order valence-electron chi connectivity index (χ1n) is 15.0. The van der Waals surface area contributed by atoms with Crippen molar-refractivity contribution in [2.75, 3.05) is 19.6 Å². The summed E-state index contributed by atoms with van der Waals surface area (Å²) >= 11 is 0. The van der Waals surface area contributed by atoms with Gasteiger partial charge in [0.1, 0.15) is 11.9 Å². The van der Waals surface area contributed by atoms with Crippen LogP contribution in [0.1, 0.15) is 23.1 Å². The zero-order valence-electron chi connectivity index (χ0n) is 26.1. The molecule has 1 fully saturated rings. The van der Waals surface area contributed by atoms with E-state index >= 15 is 0 Å².